The lowest BCUT2D eigenvalue weighted by Crippen LogP contribution is -2.36. The van der Waals surface area contributed by atoms with Crippen LogP contribution in [-0.4, -0.2) is 19.1 Å². The summed E-state index contributed by atoms with van der Waals surface area (Å²) in [4.78, 5) is 11.5. The van der Waals surface area contributed by atoms with E-state index in [9.17, 15) is 4.79 Å². The van der Waals surface area contributed by atoms with Crippen LogP contribution in [0.3, 0.4) is 0 Å². The topological polar surface area (TPSA) is 41.1 Å². The normalized spacial score (nSPS) is 15.9. The summed E-state index contributed by atoms with van der Waals surface area (Å²) in [7, 11) is 0. The van der Waals surface area contributed by atoms with E-state index in [1.54, 1.807) is 0 Å². The standard InChI is InChI=1S/C18H36N2O/c1-2-3-4-10-15-19-18(21)20-16-11-6-9-14-17-12-7-5-8-13-17/h17H,2-16H2,1H3,(H2,19,20,21). The highest BCUT2D eigenvalue weighted by atomic mass is 16.2. The molecule has 2 N–H and O–H groups in total. The highest BCUT2D eigenvalue weighted by molar-refractivity contribution is 5.73. The van der Waals surface area contributed by atoms with E-state index in [4.69, 9.17) is 0 Å². The summed E-state index contributed by atoms with van der Waals surface area (Å²) in [5.41, 5.74) is 0. The number of urea groups is 1. The van der Waals surface area contributed by atoms with Crippen molar-refractivity contribution in [1.82, 2.24) is 10.6 Å². The van der Waals surface area contributed by atoms with E-state index in [2.05, 4.69) is 17.6 Å². The third-order valence-corrected chi connectivity index (χ3v) is 4.62. The molecule has 0 spiro atoms. The Morgan fingerprint density at radius 2 is 1.48 bits per heavy atom. The molecule has 0 saturated heterocycles. The molecule has 2 amide bonds. The molecule has 0 bridgehead atoms. The molecule has 0 aromatic heterocycles. The van der Waals surface area contributed by atoms with Crippen LogP contribution in [-0.2, 0) is 0 Å². The first-order valence-electron chi connectivity index (χ1n) is 9.34. The maximum atomic E-state index is 11.5. The highest BCUT2D eigenvalue weighted by Crippen LogP contribution is 2.27. The molecule has 1 aliphatic carbocycles. The molecule has 1 fully saturated rings. The number of unbranched alkanes of at least 4 members (excludes halogenated alkanes) is 5. The van der Waals surface area contributed by atoms with Gasteiger partial charge in [-0.25, -0.2) is 4.79 Å². The number of rotatable bonds is 11. The molecule has 1 rings (SSSR count). The number of hydrogen-bond donors (Lipinski definition) is 2. The van der Waals surface area contributed by atoms with Gasteiger partial charge in [0.15, 0.2) is 0 Å². The van der Waals surface area contributed by atoms with Crippen LogP contribution in [0.2, 0.25) is 0 Å². The minimum atomic E-state index is 0.0128. The molecule has 0 atom stereocenters. The Labute approximate surface area is 131 Å². The van der Waals surface area contributed by atoms with Gasteiger partial charge in [0.25, 0.3) is 0 Å². The van der Waals surface area contributed by atoms with Gasteiger partial charge in [0.05, 0.1) is 0 Å². The summed E-state index contributed by atoms with van der Waals surface area (Å²) in [6.07, 6.45) is 17.2. The van der Waals surface area contributed by atoms with Crippen LogP contribution in [0.25, 0.3) is 0 Å². The average molecular weight is 296 g/mol. The van der Waals surface area contributed by atoms with E-state index in [0.717, 1.165) is 31.8 Å². The van der Waals surface area contributed by atoms with E-state index in [1.165, 1.54) is 70.6 Å². The van der Waals surface area contributed by atoms with Crippen molar-refractivity contribution in [2.45, 2.75) is 90.4 Å². The van der Waals surface area contributed by atoms with Crippen molar-refractivity contribution in [1.29, 1.82) is 0 Å². The Balaban J connectivity index is 1.81. The molecule has 21 heavy (non-hydrogen) atoms. The number of carbonyl (C=O) groups excluding carboxylic acids is 1. The second kappa shape index (κ2) is 13.0. The Morgan fingerprint density at radius 3 is 2.10 bits per heavy atom. The quantitative estimate of drug-likeness (QED) is 0.517. The lowest BCUT2D eigenvalue weighted by atomic mass is 9.86. The van der Waals surface area contributed by atoms with Gasteiger partial charge in [-0.3, -0.25) is 0 Å². The second-order valence-corrected chi connectivity index (χ2v) is 6.60. The number of hydrogen-bond acceptors (Lipinski definition) is 1. The third kappa shape index (κ3) is 10.6. The van der Waals surface area contributed by atoms with Crippen LogP contribution in [0.1, 0.15) is 90.4 Å². The zero-order valence-electron chi connectivity index (χ0n) is 14.1. The van der Waals surface area contributed by atoms with Crippen molar-refractivity contribution in [3.63, 3.8) is 0 Å². The molecule has 3 heteroatoms. The highest BCUT2D eigenvalue weighted by Gasteiger charge is 2.12. The Bertz CT molecular complexity index is 250. The molecule has 0 aromatic rings. The zero-order chi connectivity index (χ0) is 15.2. The van der Waals surface area contributed by atoms with Crippen LogP contribution in [0.4, 0.5) is 4.79 Å². The summed E-state index contributed by atoms with van der Waals surface area (Å²) >= 11 is 0. The van der Waals surface area contributed by atoms with Crippen LogP contribution in [0, 0.1) is 5.92 Å². The predicted octanol–water partition coefficient (Wildman–Crippen LogP) is 5.01. The first-order chi connectivity index (χ1) is 10.3. The van der Waals surface area contributed by atoms with Crippen LogP contribution in [0.15, 0.2) is 0 Å². The van der Waals surface area contributed by atoms with Crippen molar-refractivity contribution in [3.05, 3.63) is 0 Å². The maximum absolute atomic E-state index is 11.5. The number of carbonyl (C=O) groups is 1. The summed E-state index contributed by atoms with van der Waals surface area (Å²) in [6, 6.07) is 0.0128. The van der Waals surface area contributed by atoms with Crippen molar-refractivity contribution in [3.8, 4) is 0 Å². The lowest BCUT2D eigenvalue weighted by molar-refractivity contribution is 0.240. The minimum absolute atomic E-state index is 0.0128. The Kier molecular flexibility index (Phi) is 11.3. The molecular weight excluding hydrogens is 260 g/mol. The first-order valence-corrected chi connectivity index (χ1v) is 9.34. The molecular formula is C18H36N2O. The van der Waals surface area contributed by atoms with Crippen molar-refractivity contribution in [2.75, 3.05) is 13.1 Å². The smallest absolute Gasteiger partial charge is 0.314 e. The van der Waals surface area contributed by atoms with E-state index >= 15 is 0 Å². The van der Waals surface area contributed by atoms with Crippen LogP contribution >= 0.6 is 0 Å². The first kappa shape index (κ1) is 18.3. The van der Waals surface area contributed by atoms with Gasteiger partial charge in [0.1, 0.15) is 0 Å². The lowest BCUT2D eigenvalue weighted by Gasteiger charge is -2.21. The van der Waals surface area contributed by atoms with Gasteiger partial charge in [-0.15, -0.1) is 0 Å². The molecule has 1 saturated carbocycles. The molecule has 0 radical (unpaired) electrons. The predicted molar refractivity (Wildman–Crippen MR) is 90.6 cm³/mol. The van der Waals surface area contributed by atoms with Gasteiger partial charge in [0.2, 0.25) is 0 Å². The summed E-state index contributed by atoms with van der Waals surface area (Å²) in [6.45, 7) is 3.84. The van der Waals surface area contributed by atoms with Crippen LogP contribution in [0.5, 0.6) is 0 Å². The van der Waals surface area contributed by atoms with Gasteiger partial charge >= 0.3 is 6.03 Å². The van der Waals surface area contributed by atoms with Gasteiger partial charge in [0, 0.05) is 13.1 Å². The fourth-order valence-electron chi connectivity index (χ4n) is 3.23. The van der Waals surface area contributed by atoms with E-state index in [0.29, 0.717) is 0 Å². The largest absolute Gasteiger partial charge is 0.338 e. The average Bonchev–Trinajstić information content (AvgIpc) is 2.51. The molecule has 0 aliphatic heterocycles. The Hall–Kier alpha value is -0.730. The molecule has 3 nitrogen and oxygen atoms in total. The fraction of sp³-hybridized carbons (Fsp3) is 0.944. The number of nitrogens with one attached hydrogen (secondary N) is 2. The van der Waals surface area contributed by atoms with E-state index in [1.807, 2.05) is 0 Å². The van der Waals surface area contributed by atoms with Gasteiger partial charge < -0.3 is 10.6 Å². The summed E-state index contributed by atoms with van der Waals surface area (Å²) < 4.78 is 0. The van der Waals surface area contributed by atoms with Gasteiger partial charge in [-0.05, 0) is 18.8 Å². The van der Waals surface area contributed by atoms with Crippen molar-refractivity contribution < 1.29 is 4.79 Å². The number of amides is 2. The van der Waals surface area contributed by atoms with Crippen molar-refractivity contribution >= 4 is 6.03 Å². The SMILES string of the molecule is CCCCCCNC(=O)NCCCCCC1CCCCC1. The van der Waals surface area contributed by atoms with Crippen molar-refractivity contribution in [2.24, 2.45) is 5.92 Å². The van der Waals surface area contributed by atoms with E-state index in [-0.39, 0.29) is 6.03 Å². The second-order valence-electron chi connectivity index (χ2n) is 6.60. The minimum Gasteiger partial charge on any atom is -0.338 e. The fourth-order valence-corrected chi connectivity index (χ4v) is 3.23. The molecule has 0 heterocycles. The maximum Gasteiger partial charge on any atom is 0.314 e. The molecule has 0 unspecified atom stereocenters. The third-order valence-electron chi connectivity index (χ3n) is 4.62. The summed E-state index contributed by atoms with van der Waals surface area (Å²) in [5.74, 6) is 0.998. The molecule has 0 aromatic carbocycles. The molecule has 1 aliphatic rings. The van der Waals surface area contributed by atoms with E-state index < -0.39 is 0 Å². The van der Waals surface area contributed by atoms with Crippen LogP contribution < -0.4 is 10.6 Å². The zero-order valence-corrected chi connectivity index (χ0v) is 14.1. The monoisotopic (exact) mass is 296 g/mol. The van der Waals surface area contributed by atoms with Gasteiger partial charge in [-0.2, -0.15) is 0 Å². The Morgan fingerprint density at radius 1 is 0.857 bits per heavy atom. The summed E-state index contributed by atoms with van der Waals surface area (Å²) in [5, 5.41) is 5.90. The van der Waals surface area contributed by atoms with Gasteiger partial charge in [-0.1, -0.05) is 77.6 Å². The molecule has 124 valence electrons.